The Kier molecular flexibility index (Phi) is 3.34. The molecular weight excluding hydrogens is 256 g/mol. The SMILES string of the molecule is c1ccc2cc(N3CCC4(CCNCC4)CC3)ccc2c1. The van der Waals surface area contributed by atoms with E-state index in [0.717, 1.165) is 0 Å². The molecule has 2 aliphatic rings. The first-order chi connectivity index (χ1) is 10.3. The molecular formula is C19H24N2. The number of hydrogen-bond donors (Lipinski definition) is 1. The molecule has 1 spiro atoms. The Balaban J connectivity index is 1.51. The molecule has 0 saturated carbocycles. The molecule has 0 bridgehead atoms. The molecule has 2 aromatic rings. The molecule has 2 aromatic carbocycles. The van der Waals surface area contributed by atoms with Crippen molar-refractivity contribution in [1.82, 2.24) is 5.32 Å². The van der Waals surface area contributed by atoms with Gasteiger partial charge in [-0.3, -0.25) is 0 Å². The van der Waals surface area contributed by atoms with Crippen LogP contribution in [0, 0.1) is 5.41 Å². The lowest BCUT2D eigenvalue weighted by Gasteiger charge is -2.45. The van der Waals surface area contributed by atoms with Gasteiger partial charge in [-0.1, -0.05) is 30.3 Å². The third kappa shape index (κ3) is 2.53. The van der Waals surface area contributed by atoms with Crippen molar-refractivity contribution in [3.05, 3.63) is 42.5 Å². The molecule has 0 atom stereocenters. The van der Waals surface area contributed by atoms with E-state index >= 15 is 0 Å². The topological polar surface area (TPSA) is 15.3 Å². The minimum Gasteiger partial charge on any atom is -0.371 e. The van der Waals surface area contributed by atoms with E-state index in [1.54, 1.807) is 0 Å². The van der Waals surface area contributed by atoms with E-state index < -0.39 is 0 Å². The average Bonchev–Trinajstić information content (AvgIpc) is 2.56. The van der Waals surface area contributed by atoms with Crippen LogP contribution in [-0.4, -0.2) is 26.2 Å². The Hall–Kier alpha value is -1.54. The number of benzene rings is 2. The van der Waals surface area contributed by atoms with Crippen LogP contribution in [-0.2, 0) is 0 Å². The molecule has 110 valence electrons. The lowest BCUT2D eigenvalue weighted by molar-refractivity contribution is 0.155. The van der Waals surface area contributed by atoms with Gasteiger partial charge in [0.2, 0.25) is 0 Å². The number of fused-ring (bicyclic) bond motifs is 1. The molecule has 21 heavy (non-hydrogen) atoms. The molecule has 2 fully saturated rings. The summed E-state index contributed by atoms with van der Waals surface area (Å²) < 4.78 is 0. The Bertz CT molecular complexity index is 618. The summed E-state index contributed by atoms with van der Waals surface area (Å²) in [6.07, 6.45) is 5.47. The zero-order chi connectivity index (χ0) is 14.1. The number of nitrogens with zero attached hydrogens (tertiary/aromatic N) is 1. The molecule has 0 aromatic heterocycles. The van der Waals surface area contributed by atoms with Crippen molar-refractivity contribution in [1.29, 1.82) is 0 Å². The molecule has 0 radical (unpaired) electrons. The average molecular weight is 280 g/mol. The van der Waals surface area contributed by atoms with Crippen LogP contribution in [0.4, 0.5) is 5.69 Å². The van der Waals surface area contributed by atoms with E-state index in [0.29, 0.717) is 5.41 Å². The van der Waals surface area contributed by atoms with Crippen molar-refractivity contribution in [2.24, 2.45) is 5.41 Å². The van der Waals surface area contributed by atoms with Crippen LogP contribution >= 0.6 is 0 Å². The third-order valence-electron chi connectivity index (χ3n) is 5.59. The summed E-state index contributed by atoms with van der Waals surface area (Å²) in [5.74, 6) is 0. The van der Waals surface area contributed by atoms with Crippen molar-refractivity contribution in [3.8, 4) is 0 Å². The quantitative estimate of drug-likeness (QED) is 0.854. The molecule has 2 heteroatoms. The van der Waals surface area contributed by atoms with Crippen LogP contribution < -0.4 is 10.2 Å². The van der Waals surface area contributed by atoms with E-state index in [2.05, 4.69) is 52.7 Å². The van der Waals surface area contributed by atoms with Gasteiger partial charge in [-0.15, -0.1) is 0 Å². The third-order valence-corrected chi connectivity index (χ3v) is 5.59. The van der Waals surface area contributed by atoms with Crippen LogP contribution in [0.3, 0.4) is 0 Å². The van der Waals surface area contributed by atoms with Gasteiger partial charge < -0.3 is 10.2 Å². The number of hydrogen-bond acceptors (Lipinski definition) is 2. The van der Waals surface area contributed by atoms with Gasteiger partial charge in [0.05, 0.1) is 0 Å². The number of piperidine rings is 2. The van der Waals surface area contributed by atoms with Gasteiger partial charge in [0.25, 0.3) is 0 Å². The van der Waals surface area contributed by atoms with Crippen molar-refractivity contribution >= 4 is 16.5 Å². The number of nitrogens with one attached hydrogen (secondary N) is 1. The van der Waals surface area contributed by atoms with Gasteiger partial charge in [-0.25, -0.2) is 0 Å². The first-order valence-corrected chi connectivity index (χ1v) is 8.29. The van der Waals surface area contributed by atoms with Crippen LogP contribution in [0.2, 0.25) is 0 Å². The van der Waals surface area contributed by atoms with Crippen molar-refractivity contribution in [2.45, 2.75) is 25.7 Å². The molecule has 0 aliphatic carbocycles. The Morgan fingerprint density at radius 1 is 0.810 bits per heavy atom. The normalized spacial score (nSPS) is 21.8. The maximum Gasteiger partial charge on any atom is 0.0372 e. The van der Waals surface area contributed by atoms with Gasteiger partial charge in [-0.2, -0.15) is 0 Å². The lowest BCUT2D eigenvalue weighted by atomic mass is 9.71. The number of anilines is 1. The second-order valence-corrected chi connectivity index (χ2v) is 6.77. The Morgan fingerprint density at radius 2 is 1.52 bits per heavy atom. The maximum absolute atomic E-state index is 3.51. The van der Waals surface area contributed by atoms with Crippen LogP contribution in [0.25, 0.3) is 10.8 Å². The molecule has 1 N–H and O–H groups in total. The largest absolute Gasteiger partial charge is 0.371 e. The zero-order valence-corrected chi connectivity index (χ0v) is 12.6. The van der Waals surface area contributed by atoms with E-state index in [4.69, 9.17) is 0 Å². The number of rotatable bonds is 1. The first-order valence-electron chi connectivity index (χ1n) is 8.29. The second kappa shape index (κ2) is 5.34. The van der Waals surface area contributed by atoms with Crippen molar-refractivity contribution < 1.29 is 0 Å². The standard InChI is InChI=1S/C19H24N2/c1-2-4-17-15-18(6-5-16(17)3-1)21-13-9-19(10-14-21)7-11-20-12-8-19/h1-6,15,20H,7-14H2. The smallest absolute Gasteiger partial charge is 0.0372 e. The zero-order valence-electron chi connectivity index (χ0n) is 12.6. The molecule has 2 nitrogen and oxygen atoms in total. The highest BCUT2D eigenvalue weighted by Gasteiger charge is 2.35. The highest BCUT2D eigenvalue weighted by atomic mass is 15.1. The molecule has 0 unspecified atom stereocenters. The molecule has 2 saturated heterocycles. The van der Waals surface area contributed by atoms with Gasteiger partial charge in [-0.05, 0) is 67.1 Å². The van der Waals surface area contributed by atoms with Gasteiger partial charge >= 0.3 is 0 Å². The fourth-order valence-corrected chi connectivity index (χ4v) is 4.07. The van der Waals surface area contributed by atoms with Crippen LogP contribution in [0.5, 0.6) is 0 Å². The van der Waals surface area contributed by atoms with Crippen LogP contribution in [0.15, 0.2) is 42.5 Å². The van der Waals surface area contributed by atoms with E-state index in [1.165, 1.54) is 68.3 Å². The maximum atomic E-state index is 3.51. The summed E-state index contributed by atoms with van der Waals surface area (Å²) in [5.41, 5.74) is 2.04. The van der Waals surface area contributed by atoms with Gasteiger partial charge in [0.15, 0.2) is 0 Å². The Labute approximate surface area is 127 Å². The monoisotopic (exact) mass is 280 g/mol. The van der Waals surface area contributed by atoms with Gasteiger partial charge in [0.1, 0.15) is 0 Å². The van der Waals surface area contributed by atoms with Crippen molar-refractivity contribution in [3.63, 3.8) is 0 Å². The summed E-state index contributed by atoms with van der Waals surface area (Å²) in [7, 11) is 0. The fourth-order valence-electron chi connectivity index (χ4n) is 4.07. The summed E-state index contributed by atoms with van der Waals surface area (Å²) in [6, 6.07) is 15.6. The second-order valence-electron chi connectivity index (χ2n) is 6.77. The van der Waals surface area contributed by atoms with Crippen LogP contribution in [0.1, 0.15) is 25.7 Å². The fraction of sp³-hybridized carbons (Fsp3) is 0.474. The van der Waals surface area contributed by atoms with E-state index in [-0.39, 0.29) is 0 Å². The lowest BCUT2D eigenvalue weighted by Crippen LogP contribution is -2.45. The molecule has 0 amide bonds. The predicted octanol–water partition coefficient (Wildman–Crippen LogP) is 3.81. The minimum absolute atomic E-state index is 0.637. The summed E-state index contributed by atoms with van der Waals surface area (Å²) in [5, 5.41) is 6.21. The summed E-state index contributed by atoms with van der Waals surface area (Å²) >= 11 is 0. The van der Waals surface area contributed by atoms with E-state index in [9.17, 15) is 0 Å². The molecule has 4 rings (SSSR count). The highest BCUT2D eigenvalue weighted by Crippen LogP contribution is 2.40. The Morgan fingerprint density at radius 3 is 2.29 bits per heavy atom. The van der Waals surface area contributed by atoms with Gasteiger partial charge in [0, 0.05) is 18.8 Å². The summed E-state index contributed by atoms with van der Waals surface area (Å²) in [6.45, 7) is 4.88. The van der Waals surface area contributed by atoms with Crippen molar-refractivity contribution in [2.75, 3.05) is 31.1 Å². The summed E-state index contributed by atoms with van der Waals surface area (Å²) in [4.78, 5) is 2.58. The predicted molar refractivity (Wildman–Crippen MR) is 89.9 cm³/mol. The molecule has 2 aliphatic heterocycles. The van der Waals surface area contributed by atoms with E-state index in [1.807, 2.05) is 0 Å². The highest BCUT2D eigenvalue weighted by molar-refractivity contribution is 5.85. The molecule has 2 heterocycles. The first kappa shape index (κ1) is 13.1. The minimum atomic E-state index is 0.637.